The van der Waals surface area contributed by atoms with E-state index < -0.39 is 66.8 Å². The average molecular weight is 658 g/mol. The fourth-order valence-corrected chi connectivity index (χ4v) is 6.39. The molecule has 0 aromatic carbocycles. The van der Waals surface area contributed by atoms with Crippen LogP contribution in [-0.4, -0.2) is 122 Å². The second-order valence-electron chi connectivity index (χ2n) is 10.1. The Labute approximate surface area is 245 Å². The van der Waals surface area contributed by atoms with Crippen molar-refractivity contribution >= 4 is 52.2 Å². The Hall–Kier alpha value is -2.03. The summed E-state index contributed by atoms with van der Waals surface area (Å²) in [7, 11) is -6.92. The van der Waals surface area contributed by atoms with Gasteiger partial charge in [-0.2, -0.15) is 27.8 Å². The van der Waals surface area contributed by atoms with E-state index in [-0.39, 0.29) is 17.0 Å². The molecule has 2 aliphatic rings. The maximum Gasteiger partial charge on any atom is 0.369 e. The number of carbonyl (C=O) groups is 1. The number of ether oxygens (including phenoxy) is 3. The lowest BCUT2D eigenvalue weighted by Crippen LogP contribution is -2.56. The van der Waals surface area contributed by atoms with Crippen molar-refractivity contribution < 1.29 is 52.0 Å². The van der Waals surface area contributed by atoms with Gasteiger partial charge in [0.15, 0.2) is 11.9 Å². The van der Waals surface area contributed by atoms with E-state index >= 15 is 0 Å². The van der Waals surface area contributed by atoms with Gasteiger partial charge in [0, 0.05) is 27.2 Å². The van der Waals surface area contributed by atoms with Gasteiger partial charge in [-0.1, -0.05) is 12.8 Å². The van der Waals surface area contributed by atoms with Gasteiger partial charge in [-0.05, 0) is 24.4 Å². The highest BCUT2D eigenvalue weighted by atomic mass is 35.5. The molecule has 42 heavy (non-hydrogen) atoms. The summed E-state index contributed by atoms with van der Waals surface area (Å²) in [5.74, 6) is -1.29. The van der Waals surface area contributed by atoms with Gasteiger partial charge in [-0.25, -0.2) is 9.40 Å². The van der Waals surface area contributed by atoms with Crippen molar-refractivity contribution in [3.05, 3.63) is 11.5 Å². The van der Waals surface area contributed by atoms with Gasteiger partial charge >= 0.3 is 17.8 Å². The van der Waals surface area contributed by atoms with E-state index in [0.717, 1.165) is 46.9 Å². The number of aliphatic hydroxyl groups is 2. The first-order valence-corrected chi connectivity index (χ1v) is 16.2. The number of rotatable bonds is 12. The number of hydrogen-bond donors (Lipinski definition) is 6. The predicted octanol–water partition coefficient (Wildman–Crippen LogP) is -1.09. The minimum Gasteiger partial charge on any atom is -0.387 e. The van der Waals surface area contributed by atoms with Crippen molar-refractivity contribution in [1.82, 2.24) is 28.8 Å². The Morgan fingerprint density at radius 3 is 2.52 bits per heavy atom. The summed E-state index contributed by atoms with van der Waals surface area (Å²) in [4.78, 5) is 41.5. The molecule has 2 aromatic heterocycles. The molecular formula is C21H33ClN7O11PS. The Balaban J connectivity index is 1.59. The third kappa shape index (κ3) is 6.41. The molecule has 2 fully saturated rings. The zero-order valence-corrected chi connectivity index (χ0v) is 25.3. The first-order valence-electron chi connectivity index (χ1n) is 12.7. The number of amides is 1. The number of nitrogens with zero attached hydrogens (tertiary/aromatic N) is 5. The maximum atomic E-state index is 12.9. The zero-order valence-electron chi connectivity index (χ0n) is 22.8. The molecule has 4 rings (SSSR count). The van der Waals surface area contributed by atoms with E-state index in [1.54, 1.807) is 0 Å². The summed E-state index contributed by atoms with van der Waals surface area (Å²) >= 11 is 6.16. The van der Waals surface area contributed by atoms with E-state index in [0.29, 0.717) is 15.5 Å². The summed E-state index contributed by atoms with van der Waals surface area (Å²) in [5.41, 5.74) is 0.172. The number of methoxy groups -OCH3 is 1. The van der Waals surface area contributed by atoms with Crippen molar-refractivity contribution in [2.45, 2.75) is 61.6 Å². The van der Waals surface area contributed by atoms with Gasteiger partial charge in [-0.15, -0.1) is 0 Å². The molecule has 1 aliphatic heterocycles. The predicted molar refractivity (Wildman–Crippen MR) is 145 cm³/mol. The van der Waals surface area contributed by atoms with Gasteiger partial charge in [0.25, 0.3) is 11.2 Å². The van der Waals surface area contributed by atoms with Crippen LogP contribution in [0.25, 0.3) is 11.0 Å². The molecular weight excluding hydrogens is 625 g/mol. The van der Waals surface area contributed by atoms with Crippen molar-refractivity contribution in [2.75, 3.05) is 39.7 Å². The van der Waals surface area contributed by atoms with E-state index in [1.165, 1.54) is 15.6 Å². The molecule has 6 N–H and O–H groups in total. The van der Waals surface area contributed by atoms with Crippen LogP contribution < -0.4 is 10.0 Å². The van der Waals surface area contributed by atoms with Crippen LogP contribution in [0.1, 0.15) is 31.9 Å². The number of halogens is 1. The first-order chi connectivity index (χ1) is 19.6. The highest BCUT2D eigenvalue weighted by molar-refractivity contribution is 7.87. The standard InChI is InChI=1S/C21H33ClN7O11PS/c1-28(2)42(36,37)27-19(32)21(10-38-3,41(33,34)35)39-9-13-14(30)15(31)18(40-13)29-17-12(8-23-29)16(25-20(22)26-17)24-11-6-4-5-7-11/h8,11,13-15,18,30-31H,4-7,9-10H2,1-3H3,(H,27,32)(H,24,25,26)(H2,33,34,35)/t13-,14-,15-,18-,21?/m1/s1. The number of anilines is 1. The molecule has 236 valence electrons. The van der Waals surface area contributed by atoms with Gasteiger partial charge in [0.1, 0.15) is 24.1 Å². The summed E-state index contributed by atoms with van der Waals surface area (Å²) < 4.78 is 56.1. The fourth-order valence-electron chi connectivity index (χ4n) is 4.70. The summed E-state index contributed by atoms with van der Waals surface area (Å²) in [6.07, 6.45) is -0.703. The fraction of sp³-hybridized carbons (Fsp3) is 0.714. The Morgan fingerprint density at radius 1 is 1.26 bits per heavy atom. The smallest absolute Gasteiger partial charge is 0.369 e. The third-order valence-corrected chi connectivity index (χ3v) is 10.0. The Bertz CT molecular complexity index is 1450. The number of hydrogen-bond acceptors (Lipinski definition) is 13. The molecule has 1 unspecified atom stereocenters. The molecule has 1 saturated heterocycles. The lowest BCUT2D eigenvalue weighted by atomic mass is 10.1. The molecule has 3 heterocycles. The normalized spacial score (nSPS) is 25.3. The van der Waals surface area contributed by atoms with Crippen LogP contribution in [0.2, 0.25) is 5.28 Å². The van der Waals surface area contributed by atoms with Crippen LogP contribution in [0.3, 0.4) is 0 Å². The van der Waals surface area contributed by atoms with Gasteiger partial charge < -0.3 is 39.5 Å². The van der Waals surface area contributed by atoms with Crippen LogP contribution in [0.4, 0.5) is 5.82 Å². The molecule has 0 spiro atoms. The summed E-state index contributed by atoms with van der Waals surface area (Å²) in [6.45, 7) is -1.96. The zero-order chi connectivity index (χ0) is 31.0. The van der Waals surface area contributed by atoms with Crippen LogP contribution in [-0.2, 0) is 33.8 Å². The molecule has 1 amide bonds. The molecule has 18 nitrogen and oxygen atoms in total. The molecule has 2 aromatic rings. The van der Waals surface area contributed by atoms with Crippen LogP contribution in [0.5, 0.6) is 0 Å². The van der Waals surface area contributed by atoms with E-state index in [4.69, 9.17) is 25.8 Å². The van der Waals surface area contributed by atoms with Crippen LogP contribution in [0.15, 0.2) is 6.20 Å². The van der Waals surface area contributed by atoms with Gasteiger partial charge in [0.2, 0.25) is 5.28 Å². The minimum atomic E-state index is -5.61. The van der Waals surface area contributed by atoms with Gasteiger partial charge in [-0.3, -0.25) is 9.36 Å². The van der Waals surface area contributed by atoms with Crippen molar-refractivity contribution in [3.8, 4) is 0 Å². The van der Waals surface area contributed by atoms with Crippen LogP contribution >= 0.6 is 19.2 Å². The summed E-state index contributed by atoms with van der Waals surface area (Å²) in [5, 5.41) is 26.3. The van der Waals surface area contributed by atoms with Crippen LogP contribution in [0, 0.1) is 0 Å². The number of aromatic nitrogens is 4. The van der Waals surface area contributed by atoms with Crippen molar-refractivity contribution in [2.24, 2.45) is 0 Å². The second-order valence-corrected chi connectivity index (χ2v) is 14.2. The molecule has 5 atom stereocenters. The molecule has 21 heteroatoms. The highest BCUT2D eigenvalue weighted by Gasteiger charge is 2.58. The van der Waals surface area contributed by atoms with E-state index in [2.05, 4.69) is 20.4 Å². The SMILES string of the molecule is COCC(OC[C@H]1O[C@@H](n2ncc3c(NC4CCCC4)nc(Cl)nc32)[C@H](O)[C@@H]1O)(C(=O)NS(=O)(=O)N(C)C)P(=O)(O)O. The second kappa shape index (κ2) is 12.5. The van der Waals surface area contributed by atoms with E-state index in [1.807, 2.05) is 0 Å². The van der Waals surface area contributed by atoms with E-state index in [9.17, 15) is 37.8 Å². The maximum absolute atomic E-state index is 12.9. The molecule has 0 bridgehead atoms. The topological polar surface area (TPSA) is 248 Å². The number of fused-ring (bicyclic) bond motifs is 1. The lowest BCUT2D eigenvalue weighted by Gasteiger charge is -2.33. The molecule has 1 aliphatic carbocycles. The highest BCUT2D eigenvalue weighted by Crippen LogP contribution is 2.52. The number of carbonyl (C=O) groups excluding carboxylic acids is 1. The Kier molecular flexibility index (Phi) is 9.81. The van der Waals surface area contributed by atoms with Crippen molar-refractivity contribution in [1.29, 1.82) is 0 Å². The van der Waals surface area contributed by atoms with Gasteiger partial charge in [0.05, 0.1) is 24.8 Å². The molecule has 1 saturated carbocycles. The quantitative estimate of drug-likeness (QED) is 0.117. The average Bonchev–Trinajstić information content (AvgIpc) is 3.61. The monoisotopic (exact) mass is 657 g/mol. The van der Waals surface area contributed by atoms with Crippen molar-refractivity contribution in [3.63, 3.8) is 0 Å². The molecule has 0 radical (unpaired) electrons. The first kappa shape index (κ1) is 32.9. The lowest BCUT2D eigenvalue weighted by molar-refractivity contribution is -0.151. The number of aliphatic hydroxyl groups excluding tert-OH is 2. The third-order valence-electron chi connectivity index (χ3n) is 7.05. The minimum absolute atomic E-state index is 0.109. The summed E-state index contributed by atoms with van der Waals surface area (Å²) in [6, 6.07) is 0.186. The number of nitrogens with one attached hydrogen (secondary N) is 2. The Morgan fingerprint density at radius 2 is 1.93 bits per heavy atom. The largest absolute Gasteiger partial charge is 0.387 e.